The largest absolute Gasteiger partial charge is 0.142 e. The predicted molar refractivity (Wildman–Crippen MR) is 95.7 cm³/mol. The number of aryl methyl sites for hydroxylation is 2. The quantitative estimate of drug-likeness (QED) is 0.529. The molecule has 0 N–H and O–H groups in total. The highest BCUT2D eigenvalue weighted by Crippen LogP contribution is 2.51. The summed E-state index contributed by atoms with van der Waals surface area (Å²) >= 11 is 3.62. The van der Waals surface area contributed by atoms with Crippen molar-refractivity contribution in [2.24, 2.45) is 10.2 Å². The Morgan fingerprint density at radius 3 is 1.86 bits per heavy atom. The van der Waals surface area contributed by atoms with Gasteiger partial charge in [0.15, 0.2) is 0 Å². The number of rotatable bonds is 4. The lowest BCUT2D eigenvalue weighted by Crippen LogP contribution is -1.81. The van der Waals surface area contributed by atoms with Gasteiger partial charge in [0.05, 0.1) is 0 Å². The Kier molecular flexibility index (Phi) is 3.50. The maximum Gasteiger partial charge on any atom is 0.142 e. The van der Waals surface area contributed by atoms with E-state index in [1.54, 1.807) is 5.56 Å². The van der Waals surface area contributed by atoms with Crippen LogP contribution in [0.5, 0.6) is 0 Å². The van der Waals surface area contributed by atoms with Gasteiger partial charge in [-0.1, -0.05) is 0 Å². The zero-order valence-electron chi connectivity index (χ0n) is 13.7. The summed E-state index contributed by atoms with van der Waals surface area (Å²) in [5.41, 5.74) is 5.84. The van der Waals surface area contributed by atoms with Crippen molar-refractivity contribution in [1.29, 1.82) is 0 Å². The molecule has 2 heterocycles. The van der Waals surface area contributed by atoms with Gasteiger partial charge >= 0.3 is 0 Å². The number of nitrogens with zero attached hydrogens (tertiary/aromatic N) is 2. The zero-order valence-corrected chi connectivity index (χ0v) is 15.3. The molecule has 2 aromatic heterocycles. The summed E-state index contributed by atoms with van der Waals surface area (Å²) in [5.74, 6) is 1.54. The van der Waals surface area contributed by atoms with Crippen LogP contribution in [0.15, 0.2) is 10.2 Å². The van der Waals surface area contributed by atoms with Gasteiger partial charge in [-0.15, -0.1) is 32.9 Å². The zero-order chi connectivity index (χ0) is 15.4. The number of hydrogen-bond donors (Lipinski definition) is 0. The van der Waals surface area contributed by atoms with Crippen LogP contribution < -0.4 is 0 Å². The number of thiophene rings is 2. The van der Waals surface area contributed by atoms with Crippen molar-refractivity contribution in [1.82, 2.24) is 0 Å². The molecule has 2 nitrogen and oxygen atoms in total. The molecule has 2 aromatic rings. The lowest BCUT2D eigenvalue weighted by atomic mass is 10.1. The van der Waals surface area contributed by atoms with E-state index in [0.717, 1.165) is 21.8 Å². The molecule has 2 fully saturated rings. The van der Waals surface area contributed by atoms with Gasteiger partial charge in [0.1, 0.15) is 10.0 Å². The topological polar surface area (TPSA) is 24.7 Å². The maximum absolute atomic E-state index is 4.67. The van der Waals surface area contributed by atoms with Gasteiger partial charge in [0, 0.05) is 9.75 Å². The Bertz CT molecular complexity index is 759. The van der Waals surface area contributed by atoms with E-state index in [0.29, 0.717) is 0 Å². The van der Waals surface area contributed by atoms with E-state index in [4.69, 9.17) is 0 Å². The smallest absolute Gasteiger partial charge is 0.138 e. The Labute approximate surface area is 140 Å². The Morgan fingerprint density at radius 2 is 1.23 bits per heavy atom. The molecule has 4 heteroatoms. The molecule has 116 valence electrons. The first-order valence-electron chi connectivity index (χ1n) is 8.17. The average molecular weight is 331 g/mol. The molecule has 0 atom stereocenters. The van der Waals surface area contributed by atoms with Gasteiger partial charge in [-0.25, -0.2) is 0 Å². The van der Waals surface area contributed by atoms with E-state index in [-0.39, 0.29) is 0 Å². The van der Waals surface area contributed by atoms with Crippen molar-refractivity contribution in [2.45, 2.75) is 65.2 Å². The molecule has 22 heavy (non-hydrogen) atoms. The van der Waals surface area contributed by atoms with Crippen molar-refractivity contribution in [3.63, 3.8) is 0 Å². The first-order chi connectivity index (χ1) is 10.6. The van der Waals surface area contributed by atoms with Crippen molar-refractivity contribution in [3.05, 3.63) is 32.0 Å². The fourth-order valence-electron chi connectivity index (χ4n) is 3.36. The summed E-state index contributed by atoms with van der Waals surface area (Å²) in [7, 11) is 0. The first kappa shape index (κ1) is 14.6. The van der Waals surface area contributed by atoms with Gasteiger partial charge in [-0.2, -0.15) is 0 Å². The van der Waals surface area contributed by atoms with Gasteiger partial charge in [0.2, 0.25) is 0 Å². The summed E-state index contributed by atoms with van der Waals surface area (Å²) in [5, 5.41) is 11.6. The second-order valence-electron chi connectivity index (χ2n) is 6.75. The molecule has 2 aliphatic rings. The van der Waals surface area contributed by atoms with Crippen LogP contribution in [-0.4, -0.2) is 0 Å². The SMILES string of the molecule is Cc1sc(N=Nc2sc(C)c(C3CC3)c2C)c(C2CC2)c1C. The summed E-state index contributed by atoms with van der Waals surface area (Å²) in [6.45, 7) is 8.90. The fraction of sp³-hybridized carbons (Fsp3) is 0.556. The van der Waals surface area contributed by atoms with Crippen LogP contribution in [0.1, 0.15) is 69.5 Å². The van der Waals surface area contributed by atoms with E-state index in [1.807, 2.05) is 22.7 Å². The third-order valence-electron chi connectivity index (χ3n) is 4.97. The van der Waals surface area contributed by atoms with Crippen LogP contribution in [0.25, 0.3) is 0 Å². The number of hydrogen-bond acceptors (Lipinski definition) is 4. The van der Waals surface area contributed by atoms with Crippen LogP contribution >= 0.6 is 22.7 Å². The second kappa shape index (κ2) is 5.27. The molecule has 0 saturated heterocycles. The van der Waals surface area contributed by atoms with E-state index >= 15 is 0 Å². The third-order valence-corrected chi connectivity index (χ3v) is 7.18. The van der Waals surface area contributed by atoms with Crippen LogP contribution in [0.2, 0.25) is 0 Å². The molecule has 2 aliphatic carbocycles. The normalized spacial score (nSPS) is 18.5. The van der Waals surface area contributed by atoms with Gasteiger partial charge in [-0.05, 0) is 87.5 Å². The number of azo groups is 1. The lowest BCUT2D eigenvalue weighted by Gasteiger charge is -1.99. The van der Waals surface area contributed by atoms with Crippen molar-refractivity contribution in [3.8, 4) is 0 Å². The summed E-state index contributed by atoms with van der Waals surface area (Å²) < 4.78 is 0. The third kappa shape index (κ3) is 2.46. The van der Waals surface area contributed by atoms with Gasteiger partial charge in [-0.3, -0.25) is 0 Å². The van der Waals surface area contributed by atoms with E-state index < -0.39 is 0 Å². The fourth-order valence-corrected chi connectivity index (χ4v) is 5.49. The van der Waals surface area contributed by atoms with E-state index in [9.17, 15) is 0 Å². The monoisotopic (exact) mass is 330 g/mol. The lowest BCUT2D eigenvalue weighted by molar-refractivity contribution is 1.08. The van der Waals surface area contributed by atoms with Crippen molar-refractivity contribution in [2.75, 3.05) is 0 Å². The first-order valence-corrected chi connectivity index (χ1v) is 9.81. The van der Waals surface area contributed by atoms with E-state index in [2.05, 4.69) is 37.9 Å². The molecule has 0 spiro atoms. The minimum Gasteiger partial charge on any atom is -0.138 e. The Hall–Kier alpha value is -1.00. The van der Waals surface area contributed by atoms with Crippen molar-refractivity contribution >= 4 is 32.7 Å². The highest BCUT2D eigenvalue weighted by atomic mass is 32.1. The second-order valence-corrected chi connectivity index (χ2v) is 9.16. The Balaban J connectivity index is 1.68. The molecular formula is C18H22N2S2. The highest BCUT2D eigenvalue weighted by Gasteiger charge is 2.31. The molecule has 0 unspecified atom stereocenters. The van der Waals surface area contributed by atoms with Crippen LogP contribution in [0.4, 0.5) is 10.0 Å². The van der Waals surface area contributed by atoms with Crippen LogP contribution in [0.3, 0.4) is 0 Å². The summed E-state index contributed by atoms with van der Waals surface area (Å²) in [6.07, 6.45) is 5.35. The molecule has 0 aromatic carbocycles. The molecule has 0 bridgehead atoms. The van der Waals surface area contributed by atoms with Crippen LogP contribution in [0, 0.1) is 27.7 Å². The van der Waals surface area contributed by atoms with Crippen molar-refractivity contribution < 1.29 is 0 Å². The summed E-state index contributed by atoms with van der Waals surface area (Å²) in [6, 6.07) is 0. The molecule has 0 radical (unpaired) electrons. The Morgan fingerprint density at radius 1 is 0.682 bits per heavy atom. The minimum atomic E-state index is 0.743. The standard InChI is InChI=1S/C18H22N2S2/c1-9-11(3)21-18(16(9)14-7-8-14)20-19-17-10(2)15(12(4)22-17)13-5-6-13/h13-14H,5-8H2,1-4H3. The van der Waals surface area contributed by atoms with Crippen LogP contribution in [-0.2, 0) is 0 Å². The highest BCUT2D eigenvalue weighted by molar-refractivity contribution is 7.16. The molecule has 0 aliphatic heterocycles. The van der Waals surface area contributed by atoms with E-state index in [1.165, 1.54) is 52.1 Å². The minimum absolute atomic E-state index is 0.743. The molecule has 2 saturated carbocycles. The molecule has 4 rings (SSSR count). The summed E-state index contributed by atoms with van der Waals surface area (Å²) in [4.78, 5) is 2.84. The van der Waals surface area contributed by atoms with Gasteiger partial charge < -0.3 is 0 Å². The van der Waals surface area contributed by atoms with Gasteiger partial charge in [0.25, 0.3) is 0 Å². The molecular weight excluding hydrogens is 308 g/mol. The molecule has 0 amide bonds. The maximum atomic E-state index is 4.67. The average Bonchev–Trinajstić information content (AvgIpc) is 3.37. The predicted octanol–water partition coefficient (Wildman–Crippen LogP) is 7.21.